The van der Waals surface area contributed by atoms with Gasteiger partial charge in [-0.3, -0.25) is 14.5 Å². The molecule has 5 nitrogen and oxygen atoms in total. The van der Waals surface area contributed by atoms with Gasteiger partial charge in [0.2, 0.25) is 0 Å². The van der Waals surface area contributed by atoms with E-state index in [9.17, 15) is 14.0 Å². The number of halogens is 1. The van der Waals surface area contributed by atoms with E-state index in [0.29, 0.717) is 42.3 Å². The largest absolute Gasteiger partial charge is 0.491 e. The third-order valence-electron chi connectivity index (χ3n) is 4.96. The fourth-order valence-corrected chi connectivity index (χ4v) is 3.46. The average Bonchev–Trinajstić information content (AvgIpc) is 2.72. The van der Waals surface area contributed by atoms with E-state index >= 15 is 0 Å². The topological polar surface area (TPSA) is 55.8 Å². The van der Waals surface area contributed by atoms with Crippen LogP contribution >= 0.6 is 0 Å². The molecule has 28 heavy (non-hydrogen) atoms. The van der Waals surface area contributed by atoms with Gasteiger partial charge in [-0.2, -0.15) is 0 Å². The van der Waals surface area contributed by atoms with Crippen LogP contribution in [0, 0.1) is 5.82 Å². The summed E-state index contributed by atoms with van der Waals surface area (Å²) in [7, 11) is 0. The first-order valence-corrected chi connectivity index (χ1v) is 9.26. The van der Waals surface area contributed by atoms with Gasteiger partial charge in [-0.15, -0.1) is 0 Å². The highest BCUT2D eigenvalue weighted by molar-refractivity contribution is 6.39. The van der Waals surface area contributed by atoms with E-state index < -0.39 is 5.82 Å². The van der Waals surface area contributed by atoms with Crippen molar-refractivity contribution >= 4 is 17.1 Å². The molecule has 2 aromatic rings. The minimum absolute atomic E-state index is 0.264. The number of allylic oxidation sites excluding steroid dienone is 2. The molecule has 0 atom stereocenters. The lowest BCUT2D eigenvalue weighted by molar-refractivity contribution is 0.0322. The van der Waals surface area contributed by atoms with Crippen LogP contribution in [0.15, 0.2) is 48.5 Å². The zero-order valence-electron chi connectivity index (χ0n) is 15.3. The van der Waals surface area contributed by atoms with Crippen molar-refractivity contribution in [2.24, 2.45) is 0 Å². The van der Waals surface area contributed by atoms with E-state index in [1.165, 1.54) is 30.3 Å². The molecule has 2 aromatic carbocycles. The molecule has 1 saturated heterocycles. The normalized spacial score (nSPS) is 17.2. The lowest BCUT2D eigenvalue weighted by atomic mass is 9.86. The number of fused-ring (bicyclic) bond motifs is 1. The molecule has 0 unspecified atom stereocenters. The number of benzene rings is 2. The molecular weight excluding hydrogens is 361 g/mol. The summed E-state index contributed by atoms with van der Waals surface area (Å²) < 4.78 is 24.3. The van der Waals surface area contributed by atoms with Crippen LogP contribution in [0.4, 0.5) is 4.39 Å². The second kappa shape index (κ2) is 8.04. The summed E-state index contributed by atoms with van der Waals surface area (Å²) in [5.74, 6) is -0.524. The average molecular weight is 381 g/mol. The molecule has 0 radical (unpaired) electrons. The maximum Gasteiger partial charge on any atom is 0.194 e. The number of rotatable bonds is 5. The number of ketones is 2. The third kappa shape index (κ3) is 3.74. The van der Waals surface area contributed by atoms with Gasteiger partial charge in [-0.1, -0.05) is 24.3 Å². The molecule has 0 bridgehead atoms. The van der Waals surface area contributed by atoms with Gasteiger partial charge >= 0.3 is 0 Å². The van der Waals surface area contributed by atoms with E-state index in [4.69, 9.17) is 9.47 Å². The van der Waals surface area contributed by atoms with Gasteiger partial charge < -0.3 is 9.47 Å². The molecule has 0 amide bonds. The highest BCUT2D eigenvalue weighted by Crippen LogP contribution is 2.33. The first kappa shape index (κ1) is 18.5. The van der Waals surface area contributed by atoms with Crippen LogP contribution in [0.25, 0.3) is 5.57 Å². The Morgan fingerprint density at radius 2 is 1.79 bits per heavy atom. The second-order valence-electron chi connectivity index (χ2n) is 6.74. The van der Waals surface area contributed by atoms with Crippen LogP contribution in [0.2, 0.25) is 0 Å². The van der Waals surface area contributed by atoms with Gasteiger partial charge in [-0.25, -0.2) is 4.39 Å². The third-order valence-corrected chi connectivity index (χ3v) is 4.96. The Labute approximate surface area is 162 Å². The SMILES string of the molecule is O=C1C(c2ccc(F)cc2)=CC(=O)c2c(OCCN3CCOCC3)cccc21. The monoisotopic (exact) mass is 381 g/mol. The second-order valence-corrected chi connectivity index (χ2v) is 6.74. The molecule has 0 spiro atoms. The van der Waals surface area contributed by atoms with Crippen molar-refractivity contribution in [3.8, 4) is 5.75 Å². The lowest BCUT2D eigenvalue weighted by Gasteiger charge is -2.26. The molecule has 0 saturated carbocycles. The van der Waals surface area contributed by atoms with E-state index in [1.54, 1.807) is 18.2 Å². The van der Waals surface area contributed by atoms with Crippen LogP contribution in [0.1, 0.15) is 26.3 Å². The van der Waals surface area contributed by atoms with Gasteiger partial charge in [0, 0.05) is 30.8 Å². The number of morpholine rings is 1. The summed E-state index contributed by atoms with van der Waals surface area (Å²) in [6, 6.07) is 10.6. The molecule has 6 heteroatoms. The van der Waals surface area contributed by atoms with Crippen molar-refractivity contribution in [2.75, 3.05) is 39.5 Å². The summed E-state index contributed by atoms with van der Waals surface area (Å²) in [6.45, 7) is 4.29. The van der Waals surface area contributed by atoms with Gasteiger partial charge in [0.25, 0.3) is 0 Å². The Morgan fingerprint density at radius 3 is 2.54 bits per heavy atom. The number of nitrogens with zero attached hydrogens (tertiary/aromatic N) is 1. The summed E-state index contributed by atoms with van der Waals surface area (Å²) >= 11 is 0. The fraction of sp³-hybridized carbons (Fsp3) is 0.273. The van der Waals surface area contributed by atoms with E-state index in [2.05, 4.69) is 4.90 Å². The Hall–Kier alpha value is -2.83. The van der Waals surface area contributed by atoms with Gasteiger partial charge in [0.1, 0.15) is 18.2 Å². The van der Waals surface area contributed by atoms with Crippen LogP contribution in [-0.2, 0) is 4.74 Å². The highest BCUT2D eigenvalue weighted by atomic mass is 19.1. The maximum absolute atomic E-state index is 13.2. The number of Topliss-reactive ketones (excluding diaryl/α,β-unsaturated/α-hetero) is 1. The van der Waals surface area contributed by atoms with Crippen LogP contribution < -0.4 is 4.74 Å². The fourth-order valence-electron chi connectivity index (χ4n) is 3.46. The number of carbonyl (C=O) groups is 2. The predicted molar refractivity (Wildman–Crippen MR) is 102 cm³/mol. The van der Waals surface area contributed by atoms with Crippen molar-refractivity contribution < 1.29 is 23.5 Å². The van der Waals surface area contributed by atoms with Crippen molar-refractivity contribution in [2.45, 2.75) is 0 Å². The molecule has 0 N–H and O–H groups in total. The minimum Gasteiger partial charge on any atom is -0.491 e. The maximum atomic E-state index is 13.2. The number of carbonyl (C=O) groups excluding carboxylic acids is 2. The Balaban J connectivity index is 1.54. The molecular formula is C22H20FNO4. The molecule has 1 aliphatic heterocycles. The Bertz CT molecular complexity index is 930. The minimum atomic E-state index is -0.393. The van der Waals surface area contributed by atoms with Crippen molar-refractivity contribution in [1.29, 1.82) is 0 Å². The molecule has 1 aliphatic carbocycles. The Morgan fingerprint density at radius 1 is 1.04 bits per heavy atom. The first-order chi connectivity index (χ1) is 13.6. The van der Waals surface area contributed by atoms with Crippen LogP contribution in [-0.4, -0.2) is 55.9 Å². The quantitative estimate of drug-likeness (QED) is 0.797. The van der Waals surface area contributed by atoms with Crippen molar-refractivity contribution in [3.05, 3.63) is 71.0 Å². The van der Waals surface area contributed by atoms with Crippen molar-refractivity contribution in [1.82, 2.24) is 4.90 Å². The highest BCUT2D eigenvalue weighted by Gasteiger charge is 2.29. The van der Waals surface area contributed by atoms with Crippen LogP contribution in [0.5, 0.6) is 5.75 Å². The predicted octanol–water partition coefficient (Wildman–Crippen LogP) is 3.00. The van der Waals surface area contributed by atoms with Crippen LogP contribution in [0.3, 0.4) is 0 Å². The standard InChI is InChI=1S/C22H20FNO4/c23-16-6-4-15(5-7-16)18-14-19(25)21-17(22(18)26)2-1-3-20(21)28-13-10-24-8-11-27-12-9-24/h1-7,14H,8-13H2. The van der Waals surface area contributed by atoms with E-state index in [-0.39, 0.29) is 17.1 Å². The first-order valence-electron chi connectivity index (χ1n) is 9.26. The molecule has 4 rings (SSSR count). The summed E-state index contributed by atoms with van der Waals surface area (Å²) in [5, 5.41) is 0. The number of hydrogen-bond acceptors (Lipinski definition) is 5. The number of hydrogen-bond donors (Lipinski definition) is 0. The van der Waals surface area contributed by atoms with Gasteiger partial charge in [-0.05, 0) is 29.8 Å². The molecule has 1 fully saturated rings. The smallest absolute Gasteiger partial charge is 0.194 e. The zero-order valence-corrected chi connectivity index (χ0v) is 15.3. The summed E-state index contributed by atoms with van der Waals surface area (Å²) in [5.41, 5.74) is 1.39. The number of ether oxygens (including phenoxy) is 2. The zero-order chi connectivity index (χ0) is 19.5. The molecule has 0 aromatic heterocycles. The summed E-state index contributed by atoms with van der Waals surface area (Å²) in [6.07, 6.45) is 1.31. The van der Waals surface area contributed by atoms with E-state index in [0.717, 1.165) is 19.6 Å². The van der Waals surface area contributed by atoms with Gasteiger partial charge in [0.15, 0.2) is 11.6 Å². The van der Waals surface area contributed by atoms with Crippen molar-refractivity contribution in [3.63, 3.8) is 0 Å². The lowest BCUT2D eigenvalue weighted by Crippen LogP contribution is -2.38. The molecule has 1 heterocycles. The molecule has 144 valence electrons. The molecule has 2 aliphatic rings. The summed E-state index contributed by atoms with van der Waals surface area (Å²) in [4.78, 5) is 27.9. The Kier molecular flexibility index (Phi) is 5.32. The van der Waals surface area contributed by atoms with Gasteiger partial charge in [0.05, 0.1) is 18.8 Å². The van der Waals surface area contributed by atoms with E-state index in [1.807, 2.05) is 0 Å².